The van der Waals surface area contributed by atoms with Crippen molar-refractivity contribution in [1.82, 2.24) is 0 Å². The van der Waals surface area contributed by atoms with Gasteiger partial charge in [0.15, 0.2) is 0 Å². The number of hydrogen-bond acceptors (Lipinski definition) is 3. The van der Waals surface area contributed by atoms with Crippen LogP contribution in [-0.4, -0.2) is 0 Å². The van der Waals surface area contributed by atoms with Crippen LogP contribution >= 0.6 is 33.9 Å². The molecule has 2 N–H and O–H groups in total. The van der Waals surface area contributed by atoms with Crippen molar-refractivity contribution < 1.29 is 0 Å². The number of nitrogens with two attached hydrogens (primary N) is 1. The molecule has 0 spiro atoms. The van der Waals surface area contributed by atoms with Crippen molar-refractivity contribution in [3.8, 4) is 6.07 Å². The van der Waals surface area contributed by atoms with E-state index in [-0.39, 0.29) is 0 Å². The van der Waals surface area contributed by atoms with Crippen molar-refractivity contribution in [3.63, 3.8) is 0 Å². The fourth-order valence-corrected chi connectivity index (χ4v) is 2.22. The highest BCUT2D eigenvalue weighted by Gasteiger charge is 2.08. The van der Waals surface area contributed by atoms with Gasteiger partial charge in [0.2, 0.25) is 0 Å². The Kier molecular flexibility index (Phi) is 2.65. The highest BCUT2D eigenvalue weighted by Crippen LogP contribution is 2.22. The summed E-state index contributed by atoms with van der Waals surface area (Å²) in [5, 5.41) is 10.4. The molecule has 0 fully saturated rings. The highest BCUT2D eigenvalue weighted by molar-refractivity contribution is 14.1. The number of thiophene rings is 1. The summed E-state index contributed by atoms with van der Waals surface area (Å²) in [5.74, 6) is 0. The maximum absolute atomic E-state index is 8.46. The van der Waals surface area contributed by atoms with Crippen LogP contribution in [0.4, 0.5) is 0 Å². The van der Waals surface area contributed by atoms with E-state index in [9.17, 15) is 0 Å². The third-order valence-corrected chi connectivity index (χ3v) is 3.22. The molecule has 10 heavy (non-hydrogen) atoms. The van der Waals surface area contributed by atoms with Crippen LogP contribution in [0, 0.1) is 14.2 Å². The van der Waals surface area contributed by atoms with Crippen molar-refractivity contribution in [2.45, 2.75) is 6.04 Å². The second kappa shape index (κ2) is 3.32. The minimum Gasteiger partial charge on any atom is -0.312 e. The molecule has 0 aliphatic carbocycles. The second-order valence-corrected chi connectivity index (χ2v) is 4.48. The topological polar surface area (TPSA) is 49.8 Å². The third kappa shape index (κ3) is 1.48. The second-order valence-electron chi connectivity index (χ2n) is 1.76. The molecule has 1 unspecified atom stereocenters. The first kappa shape index (κ1) is 7.98. The summed E-state index contributed by atoms with van der Waals surface area (Å²) < 4.78 is 1.10. The fraction of sp³-hybridized carbons (Fsp3) is 0.167. The summed E-state index contributed by atoms with van der Waals surface area (Å²) in [7, 11) is 0. The predicted molar refractivity (Wildman–Crippen MR) is 49.6 cm³/mol. The maximum atomic E-state index is 8.46. The molecule has 1 rings (SSSR count). The monoisotopic (exact) mass is 264 g/mol. The van der Waals surface area contributed by atoms with Gasteiger partial charge in [-0.25, -0.2) is 0 Å². The molecule has 2 nitrogen and oxygen atoms in total. The van der Waals surface area contributed by atoms with Gasteiger partial charge in [-0.15, -0.1) is 11.3 Å². The Bertz CT molecular complexity index is 263. The largest absolute Gasteiger partial charge is 0.312 e. The summed E-state index contributed by atoms with van der Waals surface area (Å²) >= 11 is 3.79. The Morgan fingerprint density at radius 3 is 2.90 bits per heavy atom. The molecule has 0 saturated heterocycles. The Labute approximate surface area is 76.8 Å². The summed E-state index contributed by atoms with van der Waals surface area (Å²) in [5.41, 5.74) is 6.42. The zero-order valence-corrected chi connectivity index (χ0v) is 8.02. The van der Waals surface area contributed by atoms with Crippen LogP contribution in [0.5, 0.6) is 0 Å². The van der Waals surface area contributed by atoms with Gasteiger partial charge in [-0.1, -0.05) is 0 Å². The van der Waals surface area contributed by atoms with Gasteiger partial charge in [-0.2, -0.15) is 5.26 Å². The van der Waals surface area contributed by atoms with E-state index < -0.39 is 6.04 Å². The summed E-state index contributed by atoms with van der Waals surface area (Å²) in [6.07, 6.45) is 0. The Morgan fingerprint density at radius 2 is 2.50 bits per heavy atom. The number of hydrogen-bond donors (Lipinski definition) is 1. The van der Waals surface area contributed by atoms with Crippen molar-refractivity contribution >= 4 is 33.9 Å². The zero-order chi connectivity index (χ0) is 7.56. The lowest BCUT2D eigenvalue weighted by molar-refractivity contribution is 0.927. The first-order valence-electron chi connectivity index (χ1n) is 2.64. The molecule has 1 atom stereocenters. The van der Waals surface area contributed by atoms with Gasteiger partial charge in [0.25, 0.3) is 0 Å². The zero-order valence-electron chi connectivity index (χ0n) is 5.04. The Morgan fingerprint density at radius 1 is 1.80 bits per heavy atom. The van der Waals surface area contributed by atoms with E-state index in [1.165, 1.54) is 0 Å². The molecule has 0 saturated carbocycles. The van der Waals surface area contributed by atoms with Crippen LogP contribution in [-0.2, 0) is 0 Å². The lowest BCUT2D eigenvalue weighted by atomic mass is 10.2. The van der Waals surface area contributed by atoms with Gasteiger partial charge in [-0.05, 0) is 34.0 Å². The van der Waals surface area contributed by atoms with Gasteiger partial charge in [-0.3, -0.25) is 0 Å². The molecular weight excluding hydrogens is 259 g/mol. The molecule has 4 heteroatoms. The van der Waals surface area contributed by atoms with E-state index >= 15 is 0 Å². The van der Waals surface area contributed by atoms with Gasteiger partial charge >= 0.3 is 0 Å². The highest BCUT2D eigenvalue weighted by atomic mass is 127. The van der Waals surface area contributed by atoms with Crippen LogP contribution in [0.15, 0.2) is 11.4 Å². The number of rotatable bonds is 1. The first-order valence-corrected chi connectivity index (χ1v) is 4.59. The van der Waals surface area contributed by atoms with E-state index in [1.54, 1.807) is 11.3 Å². The standard InChI is InChI=1S/C6H5IN2S/c7-6-4(1-2-10-6)5(9)3-8/h1-2,5H,9H2. The van der Waals surface area contributed by atoms with Crippen LogP contribution in [0.1, 0.15) is 11.6 Å². The Hall–Kier alpha value is -0.120. The summed E-state index contributed by atoms with van der Waals surface area (Å²) in [6, 6.07) is 3.42. The average Bonchev–Trinajstić information content (AvgIpc) is 2.34. The van der Waals surface area contributed by atoms with Gasteiger partial charge < -0.3 is 5.73 Å². The predicted octanol–water partition coefficient (Wildman–Crippen LogP) is 1.88. The summed E-state index contributed by atoms with van der Waals surface area (Å²) in [6.45, 7) is 0. The number of nitriles is 1. The molecule has 0 aliphatic rings. The molecule has 0 bridgehead atoms. The molecule has 1 aromatic heterocycles. The average molecular weight is 264 g/mol. The molecule has 52 valence electrons. The fourth-order valence-electron chi connectivity index (χ4n) is 0.596. The van der Waals surface area contributed by atoms with Crippen molar-refractivity contribution in [3.05, 3.63) is 19.9 Å². The molecular formula is C6H5IN2S. The normalized spacial score (nSPS) is 12.5. The minimum absolute atomic E-state index is 0.460. The quantitative estimate of drug-likeness (QED) is 0.787. The molecule has 0 aliphatic heterocycles. The third-order valence-electron chi connectivity index (χ3n) is 1.12. The van der Waals surface area contributed by atoms with Crippen LogP contribution < -0.4 is 5.73 Å². The molecule has 1 aromatic rings. The van der Waals surface area contributed by atoms with E-state index in [0.717, 1.165) is 8.45 Å². The van der Waals surface area contributed by atoms with Crippen LogP contribution in [0.2, 0.25) is 0 Å². The van der Waals surface area contributed by atoms with Crippen molar-refractivity contribution in [1.29, 1.82) is 5.26 Å². The Balaban J connectivity index is 2.96. The van der Waals surface area contributed by atoms with Crippen LogP contribution in [0.3, 0.4) is 0 Å². The van der Waals surface area contributed by atoms with Gasteiger partial charge in [0.1, 0.15) is 6.04 Å². The minimum atomic E-state index is -0.460. The number of halogens is 1. The molecule has 0 aromatic carbocycles. The summed E-state index contributed by atoms with van der Waals surface area (Å²) in [4.78, 5) is 0. The van der Waals surface area contributed by atoms with Gasteiger partial charge in [0, 0.05) is 5.56 Å². The number of nitrogens with zero attached hydrogens (tertiary/aromatic N) is 1. The van der Waals surface area contributed by atoms with E-state index in [4.69, 9.17) is 11.0 Å². The van der Waals surface area contributed by atoms with Crippen LogP contribution in [0.25, 0.3) is 0 Å². The lowest BCUT2D eigenvalue weighted by Crippen LogP contribution is -2.06. The van der Waals surface area contributed by atoms with Crippen molar-refractivity contribution in [2.24, 2.45) is 5.73 Å². The first-order chi connectivity index (χ1) is 4.75. The maximum Gasteiger partial charge on any atom is 0.120 e. The van der Waals surface area contributed by atoms with Crippen molar-refractivity contribution in [2.75, 3.05) is 0 Å². The SMILES string of the molecule is N#CC(N)c1ccsc1I. The molecule has 0 radical (unpaired) electrons. The van der Waals surface area contributed by atoms with E-state index in [1.807, 2.05) is 17.5 Å². The lowest BCUT2D eigenvalue weighted by Gasteiger charge is -1.97. The smallest absolute Gasteiger partial charge is 0.120 e. The molecule has 1 heterocycles. The van der Waals surface area contributed by atoms with Gasteiger partial charge in [0.05, 0.1) is 8.95 Å². The van der Waals surface area contributed by atoms with E-state index in [2.05, 4.69) is 22.6 Å². The molecule has 0 amide bonds. The van der Waals surface area contributed by atoms with E-state index in [0.29, 0.717) is 0 Å².